The van der Waals surface area contributed by atoms with Gasteiger partial charge < -0.3 is 5.11 Å². The summed E-state index contributed by atoms with van der Waals surface area (Å²) in [5.41, 5.74) is 0. The molecule has 0 saturated heterocycles. The molecule has 0 aromatic heterocycles. The smallest absolute Gasteiger partial charge is 0.303 e. The van der Waals surface area contributed by atoms with Crippen LogP contribution in [-0.4, -0.2) is 22.4 Å². The van der Waals surface area contributed by atoms with Gasteiger partial charge in [0.25, 0.3) is 0 Å². The minimum absolute atomic E-state index is 0.256. The summed E-state index contributed by atoms with van der Waals surface area (Å²) in [5.74, 6) is -0.680. The van der Waals surface area contributed by atoms with Crippen molar-refractivity contribution in [2.45, 2.75) is 83.7 Å². The van der Waals surface area contributed by atoms with Gasteiger partial charge >= 0.3 is 5.97 Å². The molecule has 0 aliphatic carbocycles. The molecule has 0 aliphatic heterocycles. The normalized spacial score (nSPS) is 13.2. The second kappa shape index (κ2) is 16.2. The highest BCUT2D eigenvalue weighted by Crippen LogP contribution is 2.11. The predicted octanol–water partition coefficient (Wildman–Crippen LogP) is 5.35. The molecule has 0 aromatic carbocycles. The fourth-order valence-electron chi connectivity index (χ4n) is 2.21. The van der Waals surface area contributed by atoms with Gasteiger partial charge in [0, 0.05) is 6.42 Å². The molecule has 0 rings (SSSR count). The van der Waals surface area contributed by atoms with Crippen LogP contribution in [0.5, 0.6) is 0 Å². The van der Waals surface area contributed by atoms with E-state index in [9.17, 15) is 4.79 Å². The summed E-state index contributed by atoms with van der Waals surface area (Å²) in [5, 5.41) is 16.9. The molecule has 0 spiro atoms. The van der Waals surface area contributed by atoms with Crippen LogP contribution in [0.1, 0.15) is 77.6 Å². The Morgan fingerprint density at radius 3 is 2.05 bits per heavy atom. The van der Waals surface area contributed by atoms with Gasteiger partial charge in [0.15, 0.2) is 0 Å². The number of unbranched alkanes of at least 4 members (excludes halogenated alkanes) is 9. The minimum atomic E-state index is -0.680. The van der Waals surface area contributed by atoms with Crippen LogP contribution < -0.4 is 0 Å². The Kier molecular flexibility index (Phi) is 15.4. The van der Waals surface area contributed by atoms with E-state index in [4.69, 9.17) is 10.4 Å². The van der Waals surface area contributed by atoms with Crippen molar-refractivity contribution in [3.63, 3.8) is 0 Å². The van der Waals surface area contributed by atoms with E-state index in [0.29, 0.717) is 6.42 Å². The molecule has 4 heteroatoms. The van der Waals surface area contributed by atoms with E-state index in [0.717, 1.165) is 19.3 Å². The molecule has 0 heterocycles. The van der Waals surface area contributed by atoms with E-state index in [2.05, 4.69) is 11.0 Å². The zero-order valence-corrected chi connectivity index (χ0v) is 13.9. The van der Waals surface area contributed by atoms with Gasteiger partial charge in [0.05, 0.1) is 0 Å². The number of allylic oxidation sites excluding steroid dienone is 3. The van der Waals surface area contributed by atoms with Crippen LogP contribution in [0, 0.1) is 0 Å². The Morgan fingerprint density at radius 1 is 0.955 bits per heavy atom. The van der Waals surface area contributed by atoms with Crippen molar-refractivity contribution in [1.29, 1.82) is 0 Å². The summed E-state index contributed by atoms with van der Waals surface area (Å²) in [6.45, 7) is 1.77. The fourth-order valence-corrected chi connectivity index (χ4v) is 2.21. The zero-order chi connectivity index (χ0) is 16.5. The van der Waals surface area contributed by atoms with Crippen LogP contribution in [0.25, 0.3) is 0 Å². The van der Waals surface area contributed by atoms with Crippen molar-refractivity contribution in [2.75, 3.05) is 0 Å². The molecule has 2 N–H and O–H groups in total. The lowest BCUT2D eigenvalue weighted by atomic mass is 10.1. The molecular formula is C18H32O4. The fraction of sp³-hybridized carbons (Fsp3) is 0.722. The highest BCUT2D eigenvalue weighted by atomic mass is 17.1. The van der Waals surface area contributed by atoms with E-state index >= 15 is 0 Å². The third-order valence-corrected chi connectivity index (χ3v) is 3.56. The highest BCUT2D eigenvalue weighted by Gasteiger charge is 1.96. The van der Waals surface area contributed by atoms with Crippen molar-refractivity contribution in [1.82, 2.24) is 0 Å². The molecule has 0 fully saturated rings. The summed E-state index contributed by atoms with van der Waals surface area (Å²) in [6.07, 6.45) is 19.6. The van der Waals surface area contributed by atoms with Gasteiger partial charge in [-0.1, -0.05) is 69.2 Å². The highest BCUT2D eigenvalue weighted by molar-refractivity contribution is 5.66. The van der Waals surface area contributed by atoms with Gasteiger partial charge in [-0.15, -0.1) is 0 Å². The molecule has 0 aliphatic rings. The Labute approximate surface area is 134 Å². The molecule has 0 radical (unpaired) electrons. The average Bonchev–Trinajstić information content (AvgIpc) is 2.50. The minimum Gasteiger partial charge on any atom is -0.481 e. The van der Waals surface area contributed by atoms with Gasteiger partial charge in [0.2, 0.25) is 0 Å². The first-order chi connectivity index (χ1) is 10.7. The summed E-state index contributed by atoms with van der Waals surface area (Å²) in [7, 11) is 0. The van der Waals surface area contributed by atoms with E-state index in [1.54, 1.807) is 13.0 Å². The third kappa shape index (κ3) is 16.9. The lowest BCUT2D eigenvalue weighted by Gasteiger charge is -2.01. The van der Waals surface area contributed by atoms with E-state index in [1.165, 1.54) is 44.9 Å². The number of carboxylic acids is 1. The Bertz CT molecular complexity index is 310. The van der Waals surface area contributed by atoms with Crippen LogP contribution in [0.15, 0.2) is 24.3 Å². The number of rotatable bonds is 15. The molecule has 1 atom stereocenters. The number of hydrogen-bond donors (Lipinski definition) is 2. The first-order valence-electron chi connectivity index (χ1n) is 8.52. The van der Waals surface area contributed by atoms with Crippen molar-refractivity contribution in [2.24, 2.45) is 0 Å². The zero-order valence-electron chi connectivity index (χ0n) is 13.9. The summed E-state index contributed by atoms with van der Waals surface area (Å²) in [6, 6.07) is 0. The van der Waals surface area contributed by atoms with Crippen LogP contribution in [0.4, 0.5) is 0 Å². The molecule has 4 nitrogen and oxygen atoms in total. The Morgan fingerprint density at radius 2 is 1.50 bits per heavy atom. The second-order valence-electron chi connectivity index (χ2n) is 5.74. The number of carbonyl (C=O) groups is 1. The third-order valence-electron chi connectivity index (χ3n) is 3.56. The Balaban J connectivity index is 3.19. The van der Waals surface area contributed by atoms with E-state index in [-0.39, 0.29) is 6.10 Å². The van der Waals surface area contributed by atoms with Crippen LogP contribution in [-0.2, 0) is 9.68 Å². The van der Waals surface area contributed by atoms with Gasteiger partial charge in [-0.3, -0.25) is 10.1 Å². The number of aliphatic carboxylic acids is 1. The topological polar surface area (TPSA) is 66.8 Å². The molecule has 22 heavy (non-hydrogen) atoms. The summed E-state index contributed by atoms with van der Waals surface area (Å²) in [4.78, 5) is 14.5. The molecule has 128 valence electrons. The largest absolute Gasteiger partial charge is 0.481 e. The first kappa shape index (κ1) is 20.9. The van der Waals surface area contributed by atoms with Gasteiger partial charge in [-0.05, 0) is 26.2 Å². The molecule has 0 amide bonds. The lowest BCUT2D eigenvalue weighted by molar-refractivity contribution is -0.261. The molecule has 0 bridgehead atoms. The molecule has 0 aromatic rings. The Hall–Kier alpha value is -1.13. The maximum absolute atomic E-state index is 10.3. The second-order valence-corrected chi connectivity index (χ2v) is 5.74. The van der Waals surface area contributed by atoms with Crippen molar-refractivity contribution in [3.05, 3.63) is 24.3 Å². The van der Waals surface area contributed by atoms with Crippen LogP contribution in [0.3, 0.4) is 0 Å². The van der Waals surface area contributed by atoms with E-state index < -0.39 is 5.97 Å². The number of carboxylic acid groups (broad SMARTS) is 1. The monoisotopic (exact) mass is 312 g/mol. The predicted molar refractivity (Wildman–Crippen MR) is 89.9 cm³/mol. The van der Waals surface area contributed by atoms with Gasteiger partial charge in [0.1, 0.15) is 6.10 Å². The average molecular weight is 312 g/mol. The first-order valence-corrected chi connectivity index (χ1v) is 8.52. The summed E-state index contributed by atoms with van der Waals surface area (Å²) < 4.78 is 0. The molecule has 0 saturated carbocycles. The number of hydrogen-bond acceptors (Lipinski definition) is 3. The van der Waals surface area contributed by atoms with Crippen molar-refractivity contribution in [3.8, 4) is 0 Å². The standard InChI is InChI=1S/C18H32O4/c1-17(22-21)15-13-11-9-7-5-3-2-4-6-8-10-12-14-16-18(19)20/h9,11,13,15,17,21H,2-8,10,12,14,16H2,1H3,(H,19,20). The SMILES string of the molecule is CC(C=CC=CCCCCCCCCCCCC(=O)O)OO. The molecular weight excluding hydrogens is 280 g/mol. The summed E-state index contributed by atoms with van der Waals surface area (Å²) >= 11 is 0. The maximum atomic E-state index is 10.3. The van der Waals surface area contributed by atoms with Gasteiger partial charge in [-0.25, -0.2) is 4.89 Å². The van der Waals surface area contributed by atoms with E-state index in [1.807, 2.05) is 12.2 Å². The van der Waals surface area contributed by atoms with Gasteiger partial charge in [-0.2, -0.15) is 0 Å². The van der Waals surface area contributed by atoms with Crippen molar-refractivity contribution < 1.29 is 20.0 Å². The van der Waals surface area contributed by atoms with Crippen molar-refractivity contribution >= 4 is 5.97 Å². The maximum Gasteiger partial charge on any atom is 0.303 e. The van der Waals surface area contributed by atoms with Crippen LogP contribution >= 0.6 is 0 Å². The molecule has 1 unspecified atom stereocenters. The van der Waals surface area contributed by atoms with Crippen LogP contribution in [0.2, 0.25) is 0 Å². The lowest BCUT2D eigenvalue weighted by Crippen LogP contribution is -1.98. The quantitative estimate of drug-likeness (QED) is 0.185.